The summed E-state index contributed by atoms with van der Waals surface area (Å²) in [6.07, 6.45) is 4.77. The smallest absolute Gasteiger partial charge is 0.175 e. The number of rotatable bonds is 3. The number of aromatic nitrogens is 3. The van der Waals surface area contributed by atoms with Gasteiger partial charge in [0.25, 0.3) is 0 Å². The summed E-state index contributed by atoms with van der Waals surface area (Å²) in [5.74, 6) is 1.03. The van der Waals surface area contributed by atoms with E-state index in [4.69, 9.17) is 11.5 Å². The van der Waals surface area contributed by atoms with Crippen molar-refractivity contribution in [3.05, 3.63) is 36.7 Å². The van der Waals surface area contributed by atoms with Crippen LogP contribution >= 0.6 is 0 Å². The van der Waals surface area contributed by atoms with Crippen LogP contribution in [0.25, 0.3) is 16.8 Å². The van der Waals surface area contributed by atoms with E-state index in [0.29, 0.717) is 11.7 Å². The van der Waals surface area contributed by atoms with E-state index >= 15 is 0 Å². The van der Waals surface area contributed by atoms with Crippen LogP contribution in [0, 0.1) is 5.92 Å². The van der Waals surface area contributed by atoms with Crippen LogP contribution < -0.4 is 16.4 Å². The number of hydrogen-bond donors (Lipinski definition) is 2. The van der Waals surface area contributed by atoms with Gasteiger partial charge in [-0.05, 0) is 37.0 Å². The molecular formula is C19H22N6O2S. The number of nitrogens with zero attached hydrogens (tertiary/aromatic N) is 4. The zero-order valence-electron chi connectivity index (χ0n) is 15.5. The second-order valence-corrected chi connectivity index (χ2v) is 9.98. The van der Waals surface area contributed by atoms with Gasteiger partial charge in [-0.15, -0.1) is 0 Å². The molecular weight excluding hydrogens is 376 g/mol. The van der Waals surface area contributed by atoms with Gasteiger partial charge in [0, 0.05) is 30.4 Å². The van der Waals surface area contributed by atoms with Crippen molar-refractivity contribution >= 4 is 26.9 Å². The SMILES string of the molecule is CS(=O)(=O)c1ccc(-c2cc(N3CC[C@@H]4C[C@]4(N)C3)c3c(N)ncnn23)cc1. The third kappa shape index (κ3) is 2.65. The zero-order chi connectivity index (χ0) is 19.7. The Bertz CT molecular complexity index is 1190. The van der Waals surface area contributed by atoms with Crippen LogP contribution in [0.5, 0.6) is 0 Å². The lowest BCUT2D eigenvalue weighted by atomic mass is 10.1. The van der Waals surface area contributed by atoms with Gasteiger partial charge in [-0.25, -0.2) is 17.9 Å². The number of hydrogen-bond acceptors (Lipinski definition) is 7. The van der Waals surface area contributed by atoms with Gasteiger partial charge in [0.05, 0.1) is 16.3 Å². The molecule has 28 heavy (non-hydrogen) atoms. The summed E-state index contributed by atoms with van der Waals surface area (Å²) in [6, 6.07) is 8.84. The molecule has 0 bridgehead atoms. The van der Waals surface area contributed by atoms with E-state index in [0.717, 1.165) is 48.4 Å². The molecule has 4 N–H and O–H groups in total. The Morgan fingerprint density at radius 2 is 2.00 bits per heavy atom. The molecule has 2 atom stereocenters. The molecule has 0 unspecified atom stereocenters. The van der Waals surface area contributed by atoms with Gasteiger partial charge in [0.1, 0.15) is 11.8 Å². The molecule has 5 rings (SSSR count). The lowest BCUT2D eigenvalue weighted by molar-refractivity contribution is 0.492. The number of nitrogens with two attached hydrogens (primary N) is 2. The van der Waals surface area contributed by atoms with Crippen molar-refractivity contribution in [2.75, 3.05) is 30.0 Å². The Kier molecular flexibility index (Phi) is 3.54. The molecule has 2 aliphatic rings. The fourth-order valence-electron chi connectivity index (χ4n) is 4.30. The van der Waals surface area contributed by atoms with Gasteiger partial charge < -0.3 is 16.4 Å². The second-order valence-electron chi connectivity index (χ2n) is 7.96. The Balaban J connectivity index is 1.63. The molecule has 0 radical (unpaired) electrons. The molecule has 1 aromatic carbocycles. The van der Waals surface area contributed by atoms with Crippen molar-refractivity contribution in [3.63, 3.8) is 0 Å². The van der Waals surface area contributed by atoms with Gasteiger partial charge in [-0.3, -0.25) is 0 Å². The van der Waals surface area contributed by atoms with Crippen LogP contribution in [-0.2, 0) is 9.84 Å². The number of nitrogen functional groups attached to an aromatic ring is 1. The first-order valence-electron chi connectivity index (χ1n) is 9.23. The third-order valence-electron chi connectivity index (χ3n) is 5.99. The molecule has 1 aliphatic heterocycles. The summed E-state index contributed by atoms with van der Waals surface area (Å²) in [7, 11) is -3.25. The average Bonchev–Trinajstić information content (AvgIpc) is 3.17. The van der Waals surface area contributed by atoms with E-state index in [1.54, 1.807) is 28.8 Å². The quantitative estimate of drug-likeness (QED) is 0.682. The van der Waals surface area contributed by atoms with Crippen LogP contribution in [0.2, 0.25) is 0 Å². The minimum absolute atomic E-state index is 0.103. The van der Waals surface area contributed by atoms with E-state index in [2.05, 4.69) is 15.0 Å². The van der Waals surface area contributed by atoms with E-state index in [-0.39, 0.29) is 10.4 Å². The number of anilines is 2. The van der Waals surface area contributed by atoms with Crippen molar-refractivity contribution in [2.45, 2.75) is 23.3 Å². The summed E-state index contributed by atoms with van der Waals surface area (Å²) in [4.78, 5) is 6.73. The van der Waals surface area contributed by atoms with E-state index in [9.17, 15) is 8.42 Å². The highest BCUT2D eigenvalue weighted by Crippen LogP contribution is 2.49. The molecule has 1 saturated carbocycles. The molecule has 3 heterocycles. The molecule has 8 nitrogen and oxygen atoms in total. The minimum atomic E-state index is -3.25. The first-order chi connectivity index (χ1) is 13.3. The van der Waals surface area contributed by atoms with Crippen molar-refractivity contribution in [3.8, 4) is 11.3 Å². The summed E-state index contributed by atoms with van der Waals surface area (Å²) in [5, 5.41) is 4.40. The third-order valence-corrected chi connectivity index (χ3v) is 7.12. The maximum Gasteiger partial charge on any atom is 0.175 e. The minimum Gasteiger partial charge on any atom is -0.382 e. The largest absolute Gasteiger partial charge is 0.382 e. The summed E-state index contributed by atoms with van der Waals surface area (Å²) >= 11 is 0. The highest BCUT2D eigenvalue weighted by atomic mass is 32.2. The van der Waals surface area contributed by atoms with E-state index < -0.39 is 9.84 Å². The molecule has 2 aromatic heterocycles. The fourth-order valence-corrected chi connectivity index (χ4v) is 4.93. The predicted molar refractivity (Wildman–Crippen MR) is 108 cm³/mol. The number of sulfone groups is 1. The summed E-state index contributed by atoms with van der Waals surface area (Å²) in [6.45, 7) is 1.71. The van der Waals surface area contributed by atoms with Crippen LogP contribution in [-0.4, -0.2) is 47.9 Å². The molecule has 0 spiro atoms. The second kappa shape index (κ2) is 5.68. The lowest BCUT2D eigenvalue weighted by Gasteiger charge is -2.32. The Labute approximate surface area is 163 Å². The fraction of sp³-hybridized carbons (Fsp3) is 0.368. The predicted octanol–water partition coefficient (Wildman–Crippen LogP) is 1.31. The first kappa shape index (κ1) is 17.4. The Morgan fingerprint density at radius 3 is 2.68 bits per heavy atom. The lowest BCUT2D eigenvalue weighted by Crippen LogP contribution is -2.45. The molecule has 146 valence electrons. The van der Waals surface area contributed by atoms with Crippen LogP contribution in [0.4, 0.5) is 11.5 Å². The van der Waals surface area contributed by atoms with Gasteiger partial charge in [-0.1, -0.05) is 12.1 Å². The monoisotopic (exact) mass is 398 g/mol. The van der Waals surface area contributed by atoms with Crippen LogP contribution in [0.1, 0.15) is 12.8 Å². The zero-order valence-corrected chi connectivity index (χ0v) is 16.4. The first-order valence-corrected chi connectivity index (χ1v) is 11.1. The average molecular weight is 398 g/mol. The topological polar surface area (TPSA) is 120 Å². The van der Waals surface area contributed by atoms with Crippen molar-refractivity contribution in [2.24, 2.45) is 11.7 Å². The van der Waals surface area contributed by atoms with E-state index in [1.807, 2.05) is 6.07 Å². The Hall–Kier alpha value is -2.65. The summed E-state index contributed by atoms with van der Waals surface area (Å²) in [5.41, 5.74) is 16.0. The van der Waals surface area contributed by atoms with Crippen molar-refractivity contribution < 1.29 is 8.42 Å². The number of piperidine rings is 1. The van der Waals surface area contributed by atoms with Gasteiger partial charge in [-0.2, -0.15) is 5.10 Å². The van der Waals surface area contributed by atoms with Crippen LogP contribution in [0.15, 0.2) is 41.6 Å². The summed E-state index contributed by atoms with van der Waals surface area (Å²) < 4.78 is 25.3. The molecule has 2 fully saturated rings. The molecule has 1 saturated heterocycles. The molecule has 1 aliphatic carbocycles. The van der Waals surface area contributed by atoms with Crippen molar-refractivity contribution in [1.82, 2.24) is 14.6 Å². The number of benzene rings is 1. The van der Waals surface area contributed by atoms with E-state index in [1.165, 1.54) is 12.6 Å². The Morgan fingerprint density at radius 1 is 1.25 bits per heavy atom. The normalized spacial score (nSPS) is 24.4. The van der Waals surface area contributed by atoms with Gasteiger partial charge >= 0.3 is 0 Å². The molecule has 0 amide bonds. The highest BCUT2D eigenvalue weighted by Gasteiger charge is 2.54. The standard InChI is InChI=1S/C19H22N6O2S/c1-28(26,27)14-4-2-12(3-5-14)15-8-16(17-18(20)22-11-23-25(15)17)24-7-6-13-9-19(13,21)10-24/h2-5,8,11,13H,6-7,9-10,21H2,1H3,(H2,20,22,23)/t13-,19+/m1/s1. The van der Waals surface area contributed by atoms with Crippen molar-refractivity contribution in [1.29, 1.82) is 0 Å². The van der Waals surface area contributed by atoms with Gasteiger partial charge in [0.15, 0.2) is 15.7 Å². The number of fused-ring (bicyclic) bond motifs is 2. The van der Waals surface area contributed by atoms with Gasteiger partial charge in [0.2, 0.25) is 0 Å². The highest BCUT2D eigenvalue weighted by molar-refractivity contribution is 7.90. The van der Waals surface area contributed by atoms with Crippen LogP contribution in [0.3, 0.4) is 0 Å². The molecule has 3 aromatic rings. The maximum atomic E-state index is 11.8. The maximum absolute atomic E-state index is 11.8. The molecule has 9 heteroatoms.